The smallest absolute Gasteiger partial charge is 0.344 e. The Morgan fingerprint density at radius 2 is 2.28 bits per heavy atom. The van der Waals surface area contributed by atoms with Crippen molar-refractivity contribution < 1.29 is 0 Å². The Bertz CT molecular complexity index is 622. The van der Waals surface area contributed by atoms with E-state index < -0.39 is 0 Å². The molecule has 0 spiro atoms. The van der Waals surface area contributed by atoms with Crippen LogP contribution in [0.25, 0.3) is 0 Å². The molecule has 0 bridgehead atoms. The van der Waals surface area contributed by atoms with Crippen molar-refractivity contribution in [2.24, 2.45) is 0 Å². The first kappa shape index (κ1) is 13.1. The van der Waals surface area contributed by atoms with Crippen LogP contribution >= 0.6 is 27.7 Å². The highest BCUT2D eigenvalue weighted by molar-refractivity contribution is 9.10. The van der Waals surface area contributed by atoms with E-state index in [1.807, 2.05) is 13.8 Å². The summed E-state index contributed by atoms with van der Waals surface area (Å²) in [6, 6.07) is 0.0108. The number of aromatic amines is 1. The first-order chi connectivity index (χ1) is 8.49. The molecular weight excluding hydrogens is 320 g/mol. The van der Waals surface area contributed by atoms with Crippen LogP contribution in [0.2, 0.25) is 0 Å². The molecule has 3 N–H and O–H groups in total. The van der Waals surface area contributed by atoms with Gasteiger partial charge in [0.25, 0.3) is 0 Å². The van der Waals surface area contributed by atoms with Crippen LogP contribution in [0.4, 0.5) is 5.95 Å². The van der Waals surface area contributed by atoms with Gasteiger partial charge >= 0.3 is 5.69 Å². The maximum atomic E-state index is 11.6. The van der Waals surface area contributed by atoms with Gasteiger partial charge in [-0.2, -0.15) is 0 Å². The molecule has 2 aromatic heterocycles. The van der Waals surface area contributed by atoms with Gasteiger partial charge in [0.15, 0.2) is 5.16 Å². The first-order valence-corrected chi connectivity index (χ1v) is 6.72. The minimum absolute atomic E-state index is 0.0108. The zero-order chi connectivity index (χ0) is 13.3. The van der Waals surface area contributed by atoms with Gasteiger partial charge in [-0.05, 0) is 41.5 Å². The summed E-state index contributed by atoms with van der Waals surface area (Å²) >= 11 is 4.58. The molecule has 0 amide bonds. The average Bonchev–Trinajstić information content (AvgIpc) is 2.65. The van der Waals surface area contributed by atoms with Crippen LogP contribution in [-0.2, 0) is 0 Å². The fraction of sp³-hybridized carbons (Fsp3) is 0.333. The van der Waals surface area contributed by atoms with Crippen LogP contribution in [-0.4, -0.2) is 24.7 Å². The van der Waals surface area contributed by atoms with Gasteiger partial charge in [0.05, 0.1) is 4.47 Å². The lowest BCUT2D eigenvalue weighted by molar-refractivity contribution is 0.534. The lowest BCUT2D eigenvalue weighted by atomic mass is 10.4. The van der Waals surface area contributed by atoms with E-state index in [4.69, 9.17) is 5.73 Å². The van der Waals surface area contributed by atoms with E-state index in [0.29, 0.717) is 14.7 Å². The summed E-state index contributed by atoms with van der Waals surface area (Å²) in [7, 11) is 0. The number of nitrogens with one attached hydrogen (secondary N) is 1. The predicted molar refractivity (Wildman–Crippen MR) is 71.5 cm³/mol. The van der Waals surface area contributed by atoms with Gasteiger partial charge in [-0.15, -0.1) is 5.10 Å². The van der Waals surface area contributed by atoms with E-state index in [2.05, 4.69) is 36.1 Å². The minimum Gasteiger partial charge on any atom is -0.368 e. The highest BCUT2D eigenvalue weighted by Crippen LogP contribution is 2.30. The molecule has 0 saturated heterocycles. The van der Waals surface area contributed by atoms with Crippen molar-refractivity contribution in [1.82, 2.24) is 24.7 Å². The molecule has 0 aliphatic heterocycles. The van der Waals surface area contributed by atoms with E-state index in [0.717, 1.165) is 0 Å². The summed E-state index contributed by atoms with van der Waals surface area (Å²) < 4.78 is 2.25. The Labute approximate surface area is 115 Å². The second-order valence-corrected chi connectivity index (χ2v) is 5.57. The van der Waals surface area contributed by atoms with Gasteiger partial charge in [-0.3, -0.25) is 4.57 Å². The van der Waals surface area contributed by atoms with Crippen LogP contribution in [0.15, 0.2) is 25.6 Å². The number of rotatable bonds is 3. The van der Waals surface area contributed by atoms with Crippen molar-refractivity contribution in [2.45, 2.75) is 30.1 Å². The molecule has 2 aromatic rings. The number of H-pyrrole nitrogens is 1. The number of halogens is 1. The Morgan fingerprint density at radius 1 is 1.56 bits per heavy atom. The number of hydrogen-bond donors (Lipinski definition) is 2. The van der Waals surface area contributed by atoms with Crippen molar-refractivity contribution in [3.8, 4) is 0 Å². The van der Waals surface area contributed by atoms with Crippen molar-refractivity contribution in [3.05, 3.63) is 21.2 Å². The van der Waals surface area contributed by atoms with Gasteiger partial charge < -0.3 is 5.73 Å². The normalized spacial score (nSPS) is 11.1. The number of nitrogens with two attached hydrogens (primary N) is 1. The van der Waals surface area contributed by atoms with Crippen LogP contribution in [0, 0.1) is 0 Å². The van der Waals surface area contributed by atoms with Gasteiger partial charge in [0, 0.05) is 12.2 Å². The van der Waals surface area contributed by atoms with Crippen molar-refractivity contribution in [3.63, 3.8) is 0 Å². The molecule has 2 rings (SSSR count). The lowest BCUT2D eigenvalue weighted by Crippen LogP contribution is -2.19. The zero-order valence-electron chi connectivity index (χ0n) is 9.72. The summed E-state index contributed by atoms with van der Waals surface area (Å²) in [5.41, 5.74) is 5.29. The monoisotopic (exact) mass is 330 g/mol. The lowest BCUT2D eigenvalue weighted by Gasteiger charge is -2.08. The van der Waals surface area contributed by atoms with Gasteiger partial charge in [0.1, 0.15) is 5.03 Å². The molecule has 96 valence electrons. The maximum Gasteiger partial charge on any atom is 0.344 e. The maximum absolute atomic E-state index is 11.6. The van der Waals surface area contributed by atoms with Crippen molar-refractivity contribution >= 4 is 33.6 Å². The van der Waals surface area contributed by atoms with Crippen LogP contribution in [0.3, 0.4) is 0 Å². The number of nitrogens with zero attached hydrogens (tertiary/aromatic N) is 4. The molecule has 0 saturated carbocycles. The summed E-state index contributed by atoms with van der Waals surface area (Å²) in [6.45, 7) is 3.81. The summed E-state index contributed by atoms with van der Waals surface area (Å²) in [5.74, 6) is 0.176. The topological polar surface area (TPSA) is 102 Å². The molecule has 9 heteroatoms. The largest absolute Gasteiger partial charge is 0.368 e. The fourth-order valence-corrected chi connectivity index (χ4v) is 2.72. The van der Waals surface area contributed by atoms with Crippen molar-refractivity contribution in [1.29, 1.82) is 0 Å². The molecule has 7 nitrogen and oxygen atoms in total. The van der Waals surface area contributed by atoms with Gasteiger partial charge in [0.2, 0.25) is 5.95 Å². The molecule has 0 unspecified atom stereocenters. The summed E-state index contributed by atoms with van der Waals surface area (Å²) in [4.78, 5) is 19.5. The molecule has 18 heavy (non-hydrogen) atoms. The molecule has 0 atom stereocenters. The average molecular weight is 331 g/mol. The van der Waals surface area contributed by atoms with E-state index in [9.17, 15) is 4.79 Å². The zero-order valence-corrected chi connectivity index (χ0v) is 12.1. The molecular formula is C9H11BrN6OS. The second-order valence-electron chi connectivity index (χ2n) is 3.76. The van der Waals surface area contributed by atoms with Gasteiger partial charge in [-0.1, -0.05) is 0 Å². The van der Waals surface area contributed by atoms with E-state index >= 15 is 0 Å². The standard InChI is InChI=1S/C9H11BrN6OS/c1-4(2)16-8(17)14-15-9(16)18-6-5(10)3-12-7(11)13-6/h3-4H,1-2H3,(H,14,17)(H2,11,12,13). The van der Waals surface area contributed by atoms with Gasteiger partial charge in [-0.25, -0.2) is 19.9 Å². The van der Waals surface area contributed by atoms with Crippen molar-refractivity contribution in [2.75, 3.05) is 5.73 Å². The van der Waals surface area contributed by atoms with Crippen LogP contribution < -0.4 is 11.4 Å². The third-order valence-electron chi connectivity index (χ3n) is 2.11. The number of nitrogen functional groups attached to an aromatic ring is 1. The second kappa shape index (κ2) is 5.11. The highest BCUT2D eigenvalue weighted by Gasteiger charge is 2.15. The number of aromatic nitrogens is 5. The minimum atomic E-state index is -0.245. The van der Waals surface area contributed by atoms with E-state index in [1.54, 1.807) is 10.8 Å². The SMILES string of the molecule is CC(C)n1c(Sc2nc(N)ncc2Br)n[nH]c1=O. The van der Waals surface area contributed by atoms with E-state index in [-0.39, 0.29) is 17.7 Å². The predicted octanol–water partition coefficient (Wildman–Crippen LogP) is 1.44. The van der Waals surface area contributed by atoms with Crippen LogP contribution in [0.1, 0.15) is 19.9 Å². The highest BCUT2D eigenvalue weighted by atomic mass is 79.9. The molecule has 0 radical (unpaired) electrons. The molecule has 0 aliphatic rings. The Hall–Kier alpha value is -1.35. The quantitative estimate of drug-likeness (QED) is 0.825. The molecule has 0 aliphatic carbocycles. The fourth-order valence-electron chi connectivity index (χ4n) is 1.34. The molecule has 2 heterocycles. The Kier molecular flexibility index (Phi) is 3.71. The first-order valence-electron chi connectivity index (χ1n) is 5.12. The summed E-state index contributed by atoms with van der Waals surface area (Å²) in [5, 5.41) is 7.54. The molecule has 0 fully saturated rings. The van der Waals surface area contributed by atoms with Crippen LogP contribution in [0.5, 0.6) is 0 Å². The molecule has 0 aromatic carbocycles. The number of hydrogen-bond acceptors (Lipinski definition) is 6. The number of anilines is 1. The Balaban J connectivity index is 2.40. The third-order valence-corrected chi connectivity index (χ3v) is 3.92. The van der Waals surface area contributed by atoms with E-state index in [1.165, 1.54) is 11.8 Å². The summed E-state index contributed by atoms with van der Waals surface area (Å²) in [6.07, 6.45) is 1.56. The third kappa shape index (κ3) is 2.56. The Morgan fingerprint density at radius 3 is 2.94 bits per heavy atom.